The molecule has 32 heavy (non-hydrogen) atoms. The molecule has 0 radical (unpaired) electrons. The van der Waals surface area contributed by atoms with Gasteiger partial charge in [-0.15, -0.1) is 0 Å². The van der Waals surface area contributed by atoms with Gasteiger partial charge in [0.15, 0.2) is 6.10 Å². The number of nitrogens with zero attached hydrogens (tertiary/aromatic N) is 1. The van der Waals surface area contributed by atoms with Gasteiger partial charge < -0.3 is 15.2 Å². The lowest BCUT2D eigenvalue weighted by Crippen LogP contribution is -2.39. The average molecular weight is 431 g/mol. The van der Waals surface area contributed by atoms with Gasteiger partial charge in [-0.1, -0.05) is 30.3 Å². The molecule has 1 aromatic heterocycles. The molecule has 1 aliphatic rings. The molecule has 1 unspecified atom stereocenters. The van der Waals surface area contributed by atoms with Crippen molar-refractivity contribution < 1.29 is 19.4 Å². The third-order valence-corrected chi connectivity index (χ3v) is 5.46. The fourth-order valence-corrected chi connectivity index (χ4v) is 3.96. The summed E-state index contributed by atoms with van der Waals surface area (Å²) in [6, 6.07) is 14.4. The number of carbonyl (C=O) groups is 2. The minimum absolute atomic E-state index is 0.0396. The maximum atomic E-state index is 13.2. The predicted molar refractivity (Wildman–Crippen MR) is 124 cm³/mol. The lowest BCUT2D eigenvalue weighted by atomic mass is 10.0. The van der Waals surface area contributed by atoms with E-state index in [-0.39, 0.29) is 17.7 Å². The van der Waals surface area contributed by atoms with Crippen molar-refractivity contribution in [2.75, 3.05) is 0 Å². The third kappa shape index (κ3) is 4.35. The summed E-state index contributed by atoms with van der Waals surface area (Å²) in [4.78, 5) is 30.4. The number of rotatable bonds is 5. The molecule has 0 bridgehead atoms. The van der Waals surface area contributed by atoms with E-state index >= 15 is 0 Å². The molecule has 6 heteroatoms. The number of para-hydroxylation sites is 1. The fourth-order valence-electron chi connectivity index (χ4n) is 3.96. The largest absolute Gasteiger partial charge is 0.508 e. The first-order valence-corrected chi connectivity index (χ1v) is 10.8. The molecular weight excluding hydrogens is 404 g/mol. The molecule has 1 heterocycles. The number of phenols is 1. The van der Waals surface area contributed by atoms with Crippen LogP contribution in [-0.2, 0) is 16.0 Å². The third-order valence-electron chi connectivity index (χ3n) is 5.46. The number of ether oxygens (including phenoxy) is 1. The number of aromatic nitrogens is 1. The highest BCUT2D eigenvalue weighted by atomic mass is 16.5. The van der Waals surface area contributed by atoms with E-state index in [4.69, 9.17) is 9.72 Å². The quantitative estimate of drug-likeness (QED) is 0.582. The van der Waals surface area contributed by atoms with E-state index in [1.54, 1.807) is 19.1 Å². The Morgan fingerprint density at radius 1 is 1.06 bits per heavy atom. The zero-order valence-corrected chi connectivity index (χ0v) is 18.4. The Hall–Kier alpha value is -3.67. The number of amides is 1. The Morgan fingerprint density at radius 3 is 2.50 bits per heavy atom. The Balaban J connectivity index is 1.74. The van der Waals surface area contributed by atoms with E-state index in [1.165, 1.54) is 0 Å². The Morgan fingerprint density at radius 2 is 1.78 bits per heavy atom. The molecule has 6 nitrogen and oxygen atoms in total. The number of phenolic OH excluding ortho intramolecular Hbond substituents is 1. The summed E-state index contributed by atoms with van der Waals surface area (Å²) in [5, 5.41) is 13.0. The highest BCUT2D eigenvalue weighted by molar-refractivity contribution is 6.07. The molecule has 0 fully saturated rings. The zero-order chi connectivity index (χ0) is 22.8. The van der Waals surface area contributed by atoms with Crippen molar-refractivity contribution in [2.45, 2.75) is 45.8 Å². The number of hydrogen-bond donors (Lipinski definition) is 2. The summed E-state index contributed by atoms with van der Waals surface area (Å²) in [6.45, 7) is 5.30. The second-order valence-electron chi connectivity index (χ2n) is 8.30. The number of nitrogens with one attached hydrogen (secondary N) is 1. The first-order chi connectivity index (χ1) is 15.3. The first-order valence-electron chi connectivity index (χ1n) is 10.8. The van der Waals surface area contributed by atoms with Gasteiger partial charge in [-0.25, -0.2) is 9.78 Å². The van der Waals surface area contributed by atoms with Crippen LogP contribution in [0.2, 0.25) is 0 Å². The number of fused-ring (bicyclic) bond motifs is 2. The molecule has 4 rings (SSSR count). The van der Waals surface area contributed by atoms with Crippen LogP contribution in [-0.4, -0.2) is 34.1 Å². The van der Waals surface area contributed by atoms with Gasteiger partial charge in [0.05, 0.1) is 16.8 Å². The van der Waals surface area contributed by atoms with Crippen LogP contribution in [0.3, 0.4) is 0 Å². The topological polar surface area (TPSA) is 88.5 Å². The van der Waals surface area contributed by atoms with E-state index < -0.39 is 12.1 Å². The van der Waals surface area contributed by atoms with Crippen LogP contribution >= 0.6 is 0 Å². The Kier molecular flexibility index (Phi) is 5.95. The summed E-state index contributed by atoms with van der Waals surface area (Å²) < 4.78 is 5.57. The summed E-state index contributed by atoms with van der Waals surface area (Å²) >= 11 is 0. The van der Waals surface area contributed by atoms with Crippen LogP contribution < -0.4 is 5.32 Å². The summed E-state index contributed by atoms with van der Waals surface area (Å²) in [6.07, 6.45) is 2.53. The number of hydrogen-bond acceptors (Lipinski definition) is 5. The molecular formula is C26H26N2O4. The maximum Gasteiger partial charge on any atom is 0.339 e. The Bertz CT molecular complexity index is 1210. The van der Waals surface area contributed by atoms with E-state index in [1.807, 2.05) is 56.3 Å². The van der Waals surface area contributed by atoms with E-state index in [9.17, 15) is 14.7 Å². The molecule has 0 saturated heterocycles. The van der Waals surface area contributed by atoms with Crippen LogP contribution in [0.15, 0.2) is 48.5 Å². The molecule has 3 aromatic rings. The molecule has 0 saturated carbocycles. The lowest BCUT2D eigenvalue weighted by molar-refractivity contribution is -0.129. The molecule has 2 N–H and O–H groups in total. The van der Waals surface area contributed by atoms with Crippen LogP contribution in [0.1, 0.15) is 54.4 Å². The monoisotopic (exact) mass is 430 g/mol. The van der Waals surface area contributed by atoms with E-state index in [0.717, 1.165) is 34.2 Å². The predicted octanol–water partition coefficient (Wildman–Crippen LogP) is 4.50. The van der Waals surface area contributed by atoms with Crippen molar-refractivity contribution >= 4 is 34.4 Å². The van der Waals surface area contributed by atoms with Gasteiger partial charge in [0.1, 0.15) is 5.75 Å². The zero-order valence-electron chi connectivity index (χ0n) is 18.4. The van der Waals surface area contributed by atoms with Gasteiger partial charge in [-0.2, -0.15) is 0 Å². The van der Waals surface area contributed by atoms with Crippen molar-refractivity contribution in [1.82, 2.24) is 10.3 Å². The van der Waals surface area contributed by atoms with Crippen LogP contribution in [0, 0.1) is 0 Å². The van der Waals surface area contributed by atoms with Crippen molar-refractivity contribution in [2.24, 2.45) is 0 Å². The lowest BCUT2D eigenvalue weighted by Gasteiger charge is -2.17. The molecule has 2 aromatic carbocycles. The molecule has 0 aliphatic heterocycles. The number of pyridine rings is 1. The SMILES string of the molecule is CC(C)NC(=O)C(C)OC(=O)c1c2c(nc3ccccc13)/C(=C/c1ccc(O)cc1)CC2. The molecule has 1 amide bonds. The van der Waals surface area contributed by atoms with Crippen molar-refractivity contribution in [3.8, 4) is 5.75 Å². The van der Waals surface area contributed by atoms with Gasteiger partial charge in [0.2, 0.25) is 0 Å². The highest BCUT2D eigenvalue weighted by Gasteiger charge is 2.29. The average Bonchev–Trinajstić information content (AvgIpc) is 3.15. The van der Waals surface area contributed by atoms with E-state index in [2.05, 4.69) is 5.32 Å². The molecule has 164 valence electrons. The number of aromatic hydroxyl groups is 1. The van der Waals surface area contributed by atoms with Gasteiger partial charge in [-0.3, -0.25) is 4.79 Å². The van der Waals surface area contributed by atoms with Crippen LogP contribution in [0.5, 0.6) is 5.75 Å². The highest BCUT2D eigenvalue weighted by Crippen LogP contribution is 2.38. The maximum absolute atomic E-state index is 13.2. The van der Waals surface area contributed by atoms with Crippen molar-refractivity contribution in [3.63, 3.8) is 0 Å². The standard InChI is InChI=1S/C26H26N2O4/c1-15(2)27-25(30)16(3)32-26(31)23-20-6-4-5-7-22(20)28-24-18(10-13-21(23)24)14-17-8-11-19(29)12-9-17/h4-9,11-12,14-16,29H,10,13H2,1-3H3,(H,27,30)/b18-14+. The van der Waals surface area contributed by atoms with Gasteiger partial charge in [0.25, 0.3) is 5.91 Å². The Labute approximate surface area is 186 Å². The van der Waals surface area contributed by atoms with Gasteiger partial charge in [0, 0.05) is 11.4 Å². The first kappa shape index (κ1) is 21.6. The van der Waals surface area contributed by atoms with Crippen LogP contribution in [0.4, 0.5) is 0 Å². The van der Waals surface area contributed by atoms with Crippen molar-refractivity contribution in [3.05, 3.63) is 70.9 Å². The number of carbonyl (C=O) groups excluding carboxylic acids is 2. The summed E-state index contributed by atoms with van der Waals surface area (Å²) in [5.41, 5.74) is 4.78. The number of esters is 1. The molecule has 1 aliphatic carbocycles. The smallest absolute Gasteiger partial charge is 0.339 e. The molecule has 0 spiro atoms. The number of benzene rings is 2. The second kappa shape index (κ2) is 8.83. The summed E-state index contributed by atoms with van der Waals surface area (Å²) in [7, 11) is 0. The minimum atomic E-state index is -0.902. The number of allylic oxidation sites excluding steroid dienone is 1. The molecule has 1 atom stereocenters. The van der Waals surface area contributed by atoms with E-state index in [0.29, 0.717) is 17.5 Å². The van der Waals surface area contributed by atoms with Gasteiger partial charge >= 0.3 is 5.97 Å². The summed E-state index contributed by atoms with van der Waals surface area (Å²) in [5.74, 6) is -0.628. The van der Waals surface area contributed by atoms with Crippen LogP contribution in [0.25, 0.3) is 22.6 Å². The van der Waals surface area contributed by atoms with Crippen molar-refractivity contribution in [1.29, 1.82) is 0 Å². The van der Waals surface area contributed by atoms with Gasteiger partial charge in [-0.05, 0) is 74.6 Å². The second-order valence-corrected chi connectivity index (χ2v) is 8.30. The normalized spacial score (nSPS) is 15.1. The fraction of sp³-hybridized carbons (Fsp3) is 0.269. The minimum Gasteiger partial charge on any atom is -0.508 e.